The summed E-state index contributed by atoms with van der Waals surface area (Å²) in [4.78, 5) is 2.57. The van der Waals surface area contributed by atoms with Crippen LogP contribution >= 0.6 is 0 Å². The van der Waals surface area contributed by atoms with Gasteiger partial charge >= 0.3 is 0 Å². The number of aliphatic hydroxyl groups is 1. The van der Waals surface area contributed by atoms with Gasteiger partial charge in [0, 0.05) is 5.54 Å². The fourth-order valence-electron chi connectivity index (χ4n) is 2.51. The number of unbranched alkanes of at least 4 members (excludes halogenated alkanes) is 1. The summed E-state index contributed by atoms with van der Waals surface area (Å²) >= 11 is 0. The molecule has 1 unspecified atom stereocenters. The van der Waals surface area contributed by atoms with Crippen molar-refractivity contribution in [3.05, 3.63) is 0 Å². The van der Waals surface area contributed by atoms with Gasteiger partial charge in [0.25, 0.3) is 0 Å². The molecule has 2 N–H and O–H groups in total. The molecule has 3 nitrogen and oxygen atoms in total. The van der Waals surface area contributed by atoms with Crippen molar-refractivity contribution in [1.29, 1.82) is 0 Å². The lowest BCUT2D eigenvalue weighted by Crippen LogP contribution is -2.46. The number of rotatable bonds is 9. The van der Waals surface area contributed by atoms with E-state index >= 15 is 0 Å². The molecule has 0 amide bonds. The Labute approximate surface area is 107 Å². The van der Waals surface area contributed by atoms with E-state index in [0.29, 0.717) is 0 Å². The molecule has 1 rings (SSSR count). The van der Waals surface area contributed by atoms with Gasteiger partial charge in [-0.25, -0.2) is 0 Å². The third-order valence-corrected chi connectivity index (χ3v) is 3.80. The third kappa shape index (κ3) is 5.84. The van der Waals surface area contributed by atoms with Crippen molar-refractivity contribution in [1.82, 2.24) is 10.2 Å². The van der Waals surface area contributed by atoms with Crippen molar-refractivity contribution in [2.45, 2.75) is 57.9 Å². The standard InChI is InChI=1S/C14H30N2O/c1-3-9-15-14(2,13-17)8-4-5-10-16-11-6-7-12-16/h15,17H,3-13H2,1-2H3. The topological polar surface area (TPSA) is 35.5 Å². The van der Waals surface area contributed by atoms with Gasteiger partial charge in [-0.3, -0.25) is 0 Å². The summed E-state index contributed by atoms with van der Waals surface area (Å²) in [7, 11) is 0. The molecule has 1 fully saturated rings. The first-order valence-corrected chi connectivity index (χ1v) is 7.28. The van der Waals surface area contributed by atoms with Gasteiger partial charge in [-0.1, -0.05) is 13.3 Å². The molecule has 0 radical (unpaired) electrons. The van der Waals surface area contributed by atoms with Crippen LogP contribution in [0.5, 0.6) is 0 Å². The monoisotopic (exact) mass is 242 g/mol. The molecule has 0 aromatic heterocycles. The zero-order chi connectivity index (χ0) is 12.6. The Morgan fingerprint density at radius 2 is 1.94 bits per heavy atom. The van der Waals surface area contributed by atoms with Gasteiger partial charge in [0.05, 0.1) is 6.61 Å². The van der Waals surface area contributed by atoms with Crippen molar-refractivity contribution >= 4 is 0 Å². The predicted octanol–water partition coefficient (Wildman–Crippen LogP) is 2.00. The minimum absolute atomic E-state index is 0.0684. The van der Waals surface area contributed by atoms with Crippen LogP contribution < -0.4 is 5.32 Å². The molecule has 1 atom stereocenters. The summed E-state index contributed by atoms with van der Waals surface area (Å²) in [5.74, 6) is 0. The maximum Gasteiger partial charge on any atom is 0.0610 e. The average Bonchev–Trinajstić information content (AvgIpc) is 2.85. The molecule has 3 heteroatoms. The lowest BCUT2D eigenvalue weighted by Gasteiger charge is -2.29. The number of nitrogens with one attached hydrogen (secondary N) is 1. The first kappa shape index (κ1) is 14.9. The average molecular weight is 242 g/mol. The molecule has 1 saturated heterocycles. The molecule has 102 valence electrons. The van der Waals surface area contributed by atoms with Crippen molar-refractivity contribution in [2.24, 2.45) is 0 Å². The highest BCUT2D eigenvalue weighted by atomic mass is 16.3. The molecule has 0 saturated carbocycles. The largest absolute Gasteiger partial charge is 0.394 e. The Kier molecular flexibility index (Phi) is 7.09. The molecule has 0 aromatic carbocycles. The molecule has 0 aromatic rings. The summed E-state index contributed by atoms with van der Waals surface area (Å²) in [5.41, 5.74) is -0.0684. The van der Waals surface area contributed by atoms with Crippen LogP contribution in [0.4, 0.5) is 0 Å². The van der Waals surface area contributed by atoms with E-state index in [0.717, 1.165) is 19.4 Å². The summed E-state index contributed by atoms with van der Waals surface area (Å²) < 4.78 is 0. The molecular weight excluding hydrogens is 212 g/mol. The van der Waals surface area contributed by atoms with Crippen LogP contribution in [0.3, 0.4) is 0 Å². The number of aliphatic hydroxyl groups excluding tert-OH is 1. The SMILES string of the molecule is CCCNC(C)(CO)CCCCN1CCCC1. The van der Waals surface area contributed by atoms with Gasteiger partial charge in [0.1, 0.15) is 0 Å². The van der Waals surface area contributed by atoms with Gasteiger partial charge in [0.2, 0.25) is 0 Å². The van der Waals surface area contributed by atoms with E-state index in [9.17, 15) is 5.11 Å². The molecule has 1 heterocycles. The van der Waals surface area contributed by atoms with E-state index in [1.807, 2.05) is 0 Å². The van der Waals surface area contributed by atoms with E-state index in [1.165, 1.54) is 45.3 Å². The van der Waals surface area contributed by atoms with Gasteiger partial charge < -0.3 is 15.3 Å². The highest BCUT2D eigenvalue weighted by Gasteiger charge is 2.21. The van der Waals surface area contributed by atoms with Gasteiger partial charge in [0.15, 0.2) is 0 Å². The van der Waals surface area contributed by atoms with Crippen LogP contribution in [0.25, 0.3) is 0 Å². The van der Waals surface area contributed by atoms with Gasteiger partial charge in [-0.15, -0.1) is 0 Å². The minimum atomic E-state index is -0.0684. The zero-order valence-corrected chi connectivity index (χ0v) is 11.7. The van der Waals surface area contributed by atoms with E-state index in [4.69, 9.17) is 0 Å². The molecule has 0 aliphatic carbocycles. The second-order valence-electron chi connectivity index (χ2n) is 5.65. The van der Waals surface area contributed by atoms with E-state index in [2.05, 4.69) is 24.1 Å². The summed E-state index contributed by atoms with van der Waals surface area (Å²) in [6.07, 6.45) is 7.45. The third-order valence-electron chi connectivity index (χ3n) is 3.80. The van der Waals surface area contributed by atoms with Crippen LogP contribution in [0.1, 0.15) is 52.4 Å². The second-order valence-corrected chi connectivity index (χ2v) is 5.65. The second kappa shape index (κ2) is 8.06. The summed E-state index contributed by atoms with van der Waals surface area (Å²) in [6, 6.07) is 0. The van der Waals surface area contributed by atoms with Crippen LogP contribution in [0.15, 0.2) is 0 Å². The summed E-state index contributed by atoms with van der Waals surface area (Å²) in [5, 5.41) is 12.9. The van der Waals surface area contributed by atoms with Crippen molar-refractivity contribution in [2.75, 3.05) is 32.8 Å². The van der Waals surface area contributed by atoms with E-state index in [-0.39, 0.29) is 12.1 Å². The van der Waals surface area contributed by atoms with E-state index in [1.54, 1.807) is 0 Å². The Morgan fingerprint density at radius 1 is 1.24 bits per heavy atom. The lowest BCUT2D eigenvalue weighted by molar-refractivity contribution is 0.161. The van der Waals surface area contributed by atoms with Crippen molar-refractivity contribution in [3.8, 4) is 0 Å². The Morgan fingerprint density at radius 3 is 2.53 bits per heavy atom. The quantitative estimate of drug-likeness (QED) is 0.607. The Balaban J connectivity index is 2.09. The smallest absolute Gasteiger partial charge is 0.0610 e. The maximum atomic E-state index is 9.45. The van der Waals surface area contributed by atoms with Gasteiger partial charge in [-0.05, 0) is 65.2 Å². The summed E-state index contributed by atoms with van der Waals surface area (Å²) in [6.45, 7) is 9.39. The number of likely N-dealkylation sites (tertiary alicyclic amines) is 1. The Hall–Kier alpha value is -0.120. The minimum Gasteiger partial charge on any atom is -0.394 e. The first-order valence-electron chi connectivity index (χ1n) is 7.28. The number of hydrogen-bond donors (Lipinski definition) is 2. The zero-order valence-electron chi connectivity index (χ0n) is 11.7. The fourth-order valence-corrected chi connectivity index (χ4v) is 2.51. The first-order chi connectivity index (χ1) is 8.20. The van der Waals surface area contributed by atoms with Crippen LogP contribution in [0, 0.1) is 0 Å². The maximum absolute atomic E-state index is 9.45. The highest BCUT2D eigenvalue weighted by Crippen LogP contribution is 2.15. The molecule has 0 spiro atoms. The molecule has 1 aliphatic heterocycles. The van der Waals surface area contributed by atoms with Gasteiger partial charge in [-0.2, -0.15) is 0 Å². The predicted molar refractivity (Wildman–Crippen MR) is 73.3 cm³/mol. The van der Waals surface area contributed by atoms with Crippen molar-refractivity contribution in [3.63, 3.8) is 0 Å². The fraction of sp³-hybridized carbons (Fsp3) is 1.00. The molecule has 1 aliphatic rings. The normalized spacial score (nSPS) is 20.6. The van der Waals surface area contributed by atoms with Crippen molar-refractivity contribution < 1.29 is 5.11 Å². The van der Waals surface area contributed by atoms with Crippen LogP contribution in [-0.2, 0) is 0 Å². The molecular formula is C14H30N2O. The van der Waals surface area contributed by atoms with E-state index < -0.39 is 0 Å². The molecule has 17 heavy (non-hydrogen) atoms. The number of nitrogens with zero attached hydrogens (tertiary/aromatic N) is 1. The number of hydrogen-bond acceptors (Lipinski definition) is 3. The van der Waals surface area contributed by atoms with Crippen LogP contribution in [0.2, 0.25) is 0 Å². The Bertz CT molecular complexity index is 193. The lowest BCUT2D eigenvalue weighted by atomic mass is 9.95. The van der Waals surface area contributed by atoms with Crippen LogP contribution in [-0.4, -0.2) is 48.3 Å². The highest BCUT2D eigenvalue weighted by molar-refractivity contribution is 4.82. The molecule has 0 bridgehead atoms.